The number of ether oxygens (including phenoxy) is 1. The van der Waals surface area contributed by atoms with Crippen LogP contribution in [0.2, 0.25) is 0 Å². The van der Waals surface area contributed by atoms with E-state index in [9.17, 15) is 0 Å². The molecule has 1 aliphatic heterocycles. The Bertz CT molecular complexity index is 1280. The monoisotopic (exact) mass is 397 g/mol. The van der Waals surface area contributed by atoms with Crippen LogP contribution in [-0.2, 0) is 7.05 Å². The van der Waals surface area contributed by atoms with Crippen molar-refractivity contribution in [3.8, 4) is 22.6 Å². The van der Waals surface area contributed by atoms with Gasteiger partial charge >= 0.3 is 0 Å². The summed E-state index contributed by atoms with van der Waals surface area (Å²) in [6.45, 7) is 0. The minimum Gasteiger partial charge on any atom is -0.457 e. The van der Waals surface area contributed by atoms with E-state index < -0.39 is 0 Å². The van der Waals surface area contributed by atoms with Gasteiger partial charge in [0.15, 0.2) is 5.96 Å². The number of nitrogens with two attached hydrogens (primary N) is 2. The van der Waals surface area contributed by atoms with Crippen LogP contribution in [0.1, 0.15) is 11.7 Å². The molecule has 0 aliphatic carbocycles. The van der Waals surface area contributed by atoms with Gasteiger partial charge in [0.05, 0.1) is 11.2 Å². The molecule has 1 atom stereocenters. The van der Waals surface area contributed by atoms with Crippen molar-refractivity contribution in [2.75, 3.05) is 7.05 Å². The number of aryl methyl sites for hydroxylation is 1. The molecule has 0 fully saturated rings. The summed E-state index contributed by atoms with van der Waals surface area (Å²) in [6.07, 6.45) is 1.69. The first kappa shape index (κ1) is 18.3. The van der Waals surface area contributed by atoms with Gasteiger partial charge in [0, 0.05) is 42.4 Å². The quantitative estimate of drug-likeness (QED) is 0.534. The molecule has 0 amide bonds. The third kappa shape index (κ3) is 2.81. The highest BCUT2D eigenvalue weighted by molar-refractivity contribution is 6.03. The van der Waals surface area contributed by atoms with Crippen molar-refractivity contribution < 1.29 is 4.74 Å². The molecule has 30 heavy (non-hydrogen) atoms. The second-order valence-corrected chi connectivity index (χ2v) is 7.48. The van der Waals surface area contributed by atoms with Gasteiger partial charge < -0.3 is 25.7 Å². The zero-order valence-electron chi connectivity index (χ0n) is 16.9. The van der Waals surface area contributed by atoms with E-state index in [1.165, 1.54) is 0 Å². The van der Waals surface area contributed by atoms with Gasteiger partial charge in [-0.05, 0) is 30.3 Å². The van der Waals surface area contributed by atoms with E-state index in [4.69, 9.17) is 16.2 Å². The summed E-state index contributed by atoms with van der Waals surface area (Å²) in [7, 11) is 3.90. The molecule has 0 saturated carbocycles. The third-order valence-electron chi connectivity index (χ3n) is 5.63. The Balaban J connectivity index is 1.76. The van der Waals surface area contributed by atoms with Crippen molar-refractivity contribution >= 4 is 22.5 Å². The number of hydrogen-bond donors (Lipinski definition) is 2. The highest BCUT2D eigenvalue weighted by Crippen LogP contribution is 2.44. The zero-order chi connectivity index (χ0) is 20.8. The van der Waals surface area contributed by atoms with Crippen LogP contribution < -0.4 is 16.2 Å². The van der Waals surface area contributed by atoms with Gasteiger partial charge in [-0.25, -0.2) is 4.99 Å². The molecule has 4 aromatic rings. The lowest BCUT2D eigenvalue weighted by molar-refractivity contribution is 0.378. The van der Waals surface area contributed by atoms with E-state index in [1.54, 1.807) is 4.90 Å². The Kier molecular flexibility index (Phi) is 4.22. The second kappa shape index (κ2) is 6.93. The number of nitrogens with zero attached hydrogens (tertiary/aromatic N) is 3. The van der Waals surface area contributed by atoms with Gasteiger partial charge in [-0.2, -0.15) is 0 Å². The molecule has 3 aromatic carbocycles. The Morgan fingerprint density at radius 3 is 2.47 bits per heavy atom. The maximum Gasteiger partial charge on any atom is 0.197 e. The van der Waals surface area contributed by atoms with Crippen molar-refractivity contribution in [3.05, 3.63) is 78.5 Å². The summed E-state index contributed by atoms with van der Waals surface area (Å²) >= 11 is 0. The van der Waals surface area contributed by atoms with E-state index >= 15 is 0 Å². The fourth-order valence-corrected chi connectivity index (χ4v) is 4.04. The molecule has 0 bridgehead atoms. The average Bonchev–Trinajstić information content (AvgIpc) is 3.14. The maximum atomic E-state index is 6.51. The Labute approximate surface area is 175 Å². The lowest BCUT2D eigenvalue weighted by Crippen LogP contribution is -2.42. The first-order chi connectivity index (χ1) is 14.5. The van der Waals surface area contributed by atoms with Crippen molar-refractivity contribution in [2.24, 2.45) is 23.5 Å². The summed E-state index contributed by atoms with van der Waals surface area (Å²) < 4.78 is 8.34. The van der Waals surface area contributed by atoms with E-state index in [1.807, 2.05) is 68.8 Å². The number of fused-ring (bicyclic) bond motifs is 3. The van der Waals surface area contributed by atoms with Crippen LogP contribution in [0.5, 0.6) is 11.5 Å². The molecule has 5 rings (SSSR count). The minimum atomic E-state index is -0.354. The molecule has 150 valence electrons. The first-order valence-electron chi connectivity index (χ1n) is 9.81. The molecule has 1 aliphatic rings. The standard InChI is InChI=1S/C24H23N5O/c1-28-13-12-17-21-19(27-24(26)29(2)23(21)25)14-18(22(17)28)16-10-6-7-11-20(16)30-15-8-4-3-5-9-15/h3-14,23H,25H2,1-2H3,(H2,26,27). The van der Waals surface area contributed by atoms with E-state index in [0.29, 0.717) is 5.96 Å². The molecule has 1 unspecified atom stereocenters. The number of benzene rings is 3. The molecule has 0 radical (unpaired) electrons. The molecule has 0 saturated heterocycles. The van der Waals surface area contributed by atoms with Crippen LogP contribution in [0.4, 0.5) is 5.69 Å². The fraction of sp³-hybridized carbons (Fsp3) is 0.125. The van der Waals surface area contributed by atoms with Gasteiger partial charge in [-0.3, -0.25) is 0 Å². The van der Waals surface area contributed by atoms with Crippen LogP contribution in [0.3, 0.4) is 0 Å². The molecule has 6 heteroatoms. The predicted octanol–water partition coefficient (Wildman–Crippen LogP) is 4.49. The summed E-state index contributed by atoms with van der Waals surface area (Å²) in [6, 6.07) is 22.0. The smallest absolute Gasteiger partial charge is 0.197 e. The molecular formula is C24H23N5O. The van der Waals surface area contributed by atoms with Crippen molar-refractivity contribution in [2.45, 2.75) is 6.17 Å². The number of aromatic nitrogens is 1. The molecule has 4 N–H and O–H groups in total. The molecule has 6 nitrogen and oxygen atoms in total. The first-order valence-corrected chi connectivity index (χ1v) is 9.81. The minimum absolute atomic E-state index is 0.354. The van der Waals surface area contributed by atoms with E-state index in [0.717, 1.165) is 44.8 Å². The van der Waals surface area contributed by atoms with Crippen LogP contribution in [0.15, 0.2) is 77.9 Å². The lowest BCUT2D eigenvalue weighted by Gasteiger charge is -2.32. The van der Waals surface area contributed by atoms with Gasteiger partial charge in [0.2, 0.25) is 0 Å². The van der Waals surface area contributed by atoms with Gasteiger partial charge in [-0.1, -0.05) is 36.4 Å². The third-order valence-corrected chi connectivity index (χ3v) is 5.63. The fourth-order valence-electron chi connectivity index (χ4n) is 4.04. The SMILES string of the molecule is CN1C(N)=Nc2cc(-c3ccccc3Oc3ccccc3)c3c(ccn3C)c2C1N. The normalized spacial score (nSPS) is 15.8. The predicted molar refractivity (Wildman–Crippen MR) is 121 cm³/mol. The summed E-state index contributed by atoms with van der Waals surface area (Å²) in [4.78, 5) is 6.42. The van der Waals surface area contributed by atoms with Gasteiger partial charge in [0.1, 0.15) is 17.7 Å². The summed E-state index contributed by atoms with van der Waals surface area (Å²) in [5, 5.41) is 1.06. The summed E-state index contributed by atoms with van der Waals surface area (Å²) in [5.74, 6) is 1.97. The Morgan fingerprint density at radius 2 is 1.67 bits per heavy atom. The van der Waals surface area contributed by atoms with E-state index in [-0.39, 0.29) is 6.17 Å². The van der Waals surface area contributed by atoms with E-state index in [2.05, 4.69) is 27.8 Å². The Hall–Kier alpha value is -3.77. The molecule has 1 aromatic heterocycles. The molecule has 2 heterocycles. The highest BCUT2D eigenvalue weighted by Gasteiger charge is 2.28. The Morgan fingerprint density at radius 1 is 0.933 bits per heavy atom. The van der Waals surface area contributed by atoms with Crippen LogP contribution in [0, 0.1) is 0 Å². The largest absolute Gasteiger partial charge is 0.457 e. The van der Waals surface area contributed by atoms with Crippen molar-refractivity contribution in [1.82, 2.24) is 9.47 Å². The molecular weight excluding hydrogens is 374 g/mol. The van der Waals surface area contributed by atoms with Gasteiger partial charge in [-0.15, -0.1) is 0 Å². The van der Waals surface area contributed by atoms with Crippen LogP contribution in [-0.4, -0.2) is 22.5 Å². The summed E-state index contributed by atoms with van der Waals surface area (Å²) in [5.41, 5.74) is 17.5. The van der Waals surface area contributed by atoms with Crippen molar-refractivity contribution in [1.29, 1.82) is 0 Å². The number of rotatable bonds is 3. The number of aliphatic imine (C=N–C) groups is 1. The van der Waals surface area contributed by atoms with Crippen LogP contribution in [0.25, 0.3) is 22.0 Å². The highest BCUT2D eigenvalue weighted by atomic mass is 16.5. The zero-order valence-corrected chi connectivity index (χ0v) is 16.9. The molecule has 0 spiro atoms. The topological polar surface area (TPSA) is 81.8 Å². The number of guanidine groups is 1. The average molecular weight is 397 g/mol. The number of para-hydroxylation sites is 2. The lowest BCUT2D eigenvalue weighted by atomic mass is 9.95. The van der Waals surface area contributed by atoms with Gasteiger partial charge in [0.25, 0.3) is 0 Å². The number of hydrogen-bond acceptors (Lipinski definition) is 5. The second-order valence-electron chi connectivity index (χ2n) is 7.48. The van der Waals surface area contributed by atoms with Crippen molar-refractivity contribution in [3.63, 3.8) is 0 Å². The maximum absolute atomic E-state index is 6.51. The van der Waals surface area contributed by atoms with Crippen LogP contribution >= 0.6 is 0 Å².